The number of nitrogens with one attached hydrogen (secondary N) is 1. The van der Waals surface area contributed by atoms with Crippen molar-refractivity contribution in [1.82, 2.24) is 5.32 Å². The second kappa shape index (κ2) is 12.4. The van der Waals surface area contributed by atoms with E-state index < -0.39 is 11.8 Å². The van der Waals surface area contributed by atoms with Crippen LogP contribution in [0.3, 0.4) is 0 Å². The molecule has 2 amide bonds. The van der Waals surface area contributed by atoms with Crippen molar-refractivity contribution in [3.05, 3.63) is 77.0 Å². The fourth-order valence-corrected chi connectivity index (χ4v) is 2.99. The van der Waals surface area contributed by atoms with Gasteiger partial charge in [-0.1, -0.05) is 36.4 Å². The Balaban J connectivity index is 2.20. The normalized spacial score (nSPS) is 10.9. The molecule has 0 atom stereocenters. The lowest BCUT2D eigenvalue weighted by molar-refractivity contribution is -0.119. The van der Waals surface area contributed by atoms with Crippen molar-refractivity contribution in [3.63, 3.8) is 0 Å². The highest BCUT2D eigenvalue weighted by molar-refractivity contribution is 6.03. The van der Waals surface area contributed by atoms with Crippen LogP contribution >= 0.6 is 0 Å². The molecule has 162 valence electrons. The molecule has 0 spiro atoms. The maximum Gasteiger partial charge on any atom is 0.265 e. The zero-order valence-electron chi connectivity index (χ0n) is 17.9. The minimum absolute atomic E-state index is 0.0191. The Hall–Kier alpha value is -4.36. The number of nitriles is 2. The molecule has 2 aromatic carbocycles. The number of amides is 2. The molecule has 0 saturated carbocycles. The zero-order chi connectivity index (χ0) is 23.3. The van der Waals surface area contributed by atoms with Gasteiger partial charge in [0.05, 0.1) is 25.0 Å². The number of nitrogens with two attached hydrogens (primary N) is 1. The average Bonchev–Trinajstić information content (AvgIpc) is 2.79. The van der Waals surface area contributed by atoms with E-state index in [0.29, 0.717) is 25.9 Å². The molecule has 2 rings (SSSR count). The highest BCUT2D eigenvalue weighted by Crippen LogP contribution is 2.21. The summed E-state index contributed by atoms with van der Waals surface area (Å²) in [4.78, 5) is 26.1. The fourth-order valence-electron chi connectivity index (χ4n) is 2.99. The lowest BCUT2D eigenvalue weighted by Crippen LogP contribution is -2.30. The summed E-state index contributed by atoms with van der Waals surface area (Å²) >= 11 is 0. The number of carbonyl (C=O) groups excluding carboxylic acids is 2. The van der Waals surface area contributed by atoms with E-state index in [1.54, 1.807) is 6.08 Å². The molecular weight excluding hydrogens is 402 g/mol. The van der Waals surface area contributed by atoms with Gasteiger partial charge in [-0.3, -0.25) is 9.59 Å². The summed E-state index contributed by atoms with van der Waals surface area (Å²) in [5, 5.41) is 20.3. The molecule has 0 saturated heterocycles. The molecule has 0 aliphatic heterocycles. The van der Waals surface area contributed by atoms with Crippen molar-refractivity contribution in [2.75, 3.05) is 18.0 Å². The average molecular weight is 428 g/mol. The number of anilines is 1. The smallest absolute Gasteiger partial charge is 0.265 e. The Morgan fingerprint density at radius 3 is 2.28 bits per heavy atom. The number of hydrogen-bond acceptors (Lipinski definition) is 5. The summed E-state index contributed by atoms with van der Waals surface area (Å²) in [6.45, 7) is 2.91. The van der Waals surface area contributed by atoms with Crippen LogP contribution < -0.4 is 16.0 Å². The first-order valence-electron chi connectivity index (χ1n) is 10.1. The van der Waals surface area contributed by atoms with E-state index in [9.17, 15) is 9.59 Å². The Kier molecular flexibility index (Phi) is 9.24. The van der Waals surface area contributed by atoms with E-state index in [2.05, 4.69) is 17.5 Å². The van der Waals surface area contributed by atoms with Gasteiger partial charge in [-0.15, -0.1) is 0 Å². The molecule has 0 radical (unpaired) electrons. The van der Waals surface area contributed by atoms with E-state index in [-0.39, 0.29) is 5.70 Å². The first-order chi connectivity index (χ1) is 15.4. The van der Waals surface area contributed by atoms with Gasteiger partial charge in [-0.2, -0.15) is 10.5 Å². The monoisotopic (exact) mass is 427 g/mol. The van der Waals surface area contributed by atoms with Crippen molar-refractivity contribution in [2.45, 2.75) is 19.8 Å². The van der Waals surface area contributed by atoms with E-state index in [1.807, 2.05) is 60.4 Å². The number of hydrogen-bond donors (Lipinski definition) is 2. The van der Waals surface area contributed by atoms with Crippen molar-refractivity contribution in [2.24, 2.45) is 5.73 Å². The molecule has 3 N–H and O–H groups in total. The number of rotatable bonds is 10. The number of aryl methyl sites for hydroxylation is 1. The molecule has 32 heavy (non-hydrogen) atoms. The quantitative estimate of drug-likeness (QED) is 0.563. The Labute approximate surface area is 188 Å². The lowest BCUT2D eigenvalue weighted by Gasteiger charge is -2.23. The van der Waals surface area contributed by atoms with Crippen molar-refractivity contribution < 1.29 is 9.59 Å². The number of carbonyl (C=O) groups is 2. The molecule has 0 bridgehead atoms. The third-order valence-corrected chi connectivity index (χ3v) is 4.66. The molecule has 0 heterocycles. The molecule has 0 aliphatic carbocycles. The van der Waals surface area contributed by atoms with E-state index in [4.69, 9.17) is 16.3 Å². The van der Waals surface area contributed by atoms with Gasteiger partial charge in [0.25, 0.3) is 5.91 Å². The van der Waals surface area contributed by atoms with Crippen LogP contribution in [0.4, 0.5) is 5.69 Å². The maximum atomic E-state index is 12.2. The summed E-state index contributed by atoms with van der Waals surface area (Å²) in [6, 6.07) is 19.1. The first-order valence-corrected chi connectivity index (χ1v) is 10.1. The van der Waals surface area contributed by atoms with Gasteiger partial charge in [0.15, 0.2) is 0 Å². The number of primary amides is 1. The fraction of sp³-hybridized carbons (Fsp3) is 0.200. The standard InChI is InChI=1S/C25H25N5O2/c1-19-17-22(30(15-5-13-26)16-6-14-27)11-10-21(19)18-23(25(28)32)29-24(31)12-9-20-7-3-2-4-8-20/h2-4,7-12,17-18H,5-6,15-16H2,1H3,(H2,28,32)(H,29,31)/b12-9+,23-18+. The minimum Gasteiger partial charge on any atom is -0.369 e. The molecular formula is C25H25N5O2. The zero-order valence-corrected chi connectivity index (χ0v) is 17.9. The van der Waals surface area contributed by atoms with Crippen LogP contribution in [-0.4, -0.2) is 24.9 Å². The topological polar surface area (TPSA) is 123 Å². The van der Waals surface area contributed by atoms with Crippen LogP contribution in [0.25, 0.3) is 12.2 Å². The Morgan fingerprint density at radius 2 is 1.72 bits per heavy atom. The van der Waals surface area contributed by atoms with Crippen molar-refractivity contribution in [3.8, 4) is 12.1 Å². The SMILES string of the molecule is Cc1cc(N(CCC#N)CCC#N)ccc1/C=C(/NC(=O)/C=C/c1ccccc1)C(N)=O. The minimum atomic E-state index is -0.750. The first kappa shape index (κ1) is 23.9. The third kappa shape index (κ3) is 7.47. The molecule has 2 aromatic rings. The van der Waals surface area contributed by atoms with Crippen molar-refractivity contribution >= 4 is 29.7 Å². The highest BCUT2D eigenvalue weighted by Gasteiger charge is 2.11. The summed E-state index contributed by atoms with van der Waals surface area (Å²) in [5.74, 6) is -1.22. The van der Waals surface area contributed by atoms with Crippen LogP contribution in [0.15, 0.2) is 60.3 Å². The maximum absolute atomic E-state index is 12.2. The summed E-state index contributed by atoms with van der Waals surface area (Å²) in [7, 11) is 0. The molecule has 0 fully saturated rings. The van der Waals surface area contributed by atoms with Crippen molar-refractivity contribution in [1.29, 1.82) is 10.5 Å². The van der Waals surface area contributed by atoms with E-state index in [0.717, 1.165) is 22.4 Å². The van der Waals surface area contributed by atoms with Gasteiger partial charge < -0.3 is 16.0 Å². The molecule has 7 nitrogen and oxygen atoms in total. The lowest BCUT2D eigenvalue weighted by atomic mass is 10.1. The van der Waals surface area contributed by atoms with E-state index >= 15 is 0 Å². The summed E-state index contributed by atoms with van der Waals surface area (Å²) in [6.07, 6.45) is 5.21. The van der Waals surface area contributed by atoms with Gasteiger partial charge in [0.2, 0.25) is 5.91 Å². The van der Waals surface area contributed by atoms with Crippen LogP contribution in [0, 0.1) is 29.6 Å². The number of nitrogens with zero attached hydrogens (tertiary/aromatic N) is 3. The van der Waals surface area contributed by atoms with E-state index in [1.165, 1.54) is 12.2 Å². The molecule has 0 unspecified atom stereocenters. The predicted octanol–water partition coefficient (Wildman–Crippen LogP) is 3.28. The Morgan fingerprint density at radius 1 is 1.06 bits per heavy atom. The van der Waals surface area contributed by atoms with Crippen LogP contribution in [0.1, 0.15) is 29.5 Å². The van der Waals surface area contributed by atoms with Crippen LogP contribution in [0.2, 0.25) is 0 Å². The second-order valence-corrected chi connectivity index (χ2v) is 7.00. The third-order valence-electron chi connectivity index (χ3n) is 4.66. The van der Waals surface area contributed by atoms with Gasteiger partial charge >= 0.3 is 0 Å². The largest absolute Gasteiger partial charge is 0.369 e. The summed E-state index contributed by atoms with van der Waals surface area (Å²) in [5.41, 5.74) is 8.75. The van der Waals surface area contributed by atoms with Gasteiger partial charge in [0, 0.05) is 24.9 Å². The molecule has 0 aliphatic rings. The number of benzene rings is 2. The second-order valence-electron chi connectivity index (χ2n) is 7.00. The highest BCUT2D eigenvalue weighted by atomic mass is 16.2. The molecule has 0 aromatic heterocycles. The molecule has 7 heteroatoms. The van der Waals surface area contributed by atoms with Crippen LogP contribution in [-0.2, 0) is 9.59 Å². The van der Waals surface area contributed by atoms with Gasteiger partial charge in [0.1, 0.15) is 5.70 Å². The van der Waals surface area contributed by atoms with Crippen LogP contribution in [0.5, 0.6) is 0 Å². The predicted molar refractivity (Wildman–Crippen MR) is 125 cm³/mol. The Bertz CT molecular complexity index is 1070. The van der Waals surface area contributed by atoms with Gasteiger partial charge in [-0.05, 0) is 47.9 Å². The van der Waals surface area contributed by atoms with Gasteiger partial charge in [-0.25, -0.2) is 0 Å². The summed E-state index contributed by atoms with van der Waals surface area (Å²) < 4.78 is 0.